The van der Waals surface area contributed by atoms with E-state index in [1.807, 2.05) is 87.5 Å². The molecular formula is C36H45N5O5. The minimum absolute atomic E-state index is 0.00513. The topological polar surface area (TPSA) is 120 Å². The average molecular weight is 628 g/mol. The van der Waals surface area contributed by atoms with E-state index in [9.17, 15) is 19.2 Å². The number of amides is 3. The summed E-state index contributed by atoms with van der Waals surface area (Å²) < 4.78 is 5.58. The fraction of sp³-hybridized carbons (Fsp3) is 0.444. The third-order valence-corrected chi connectivity index (χ3v) is 9.79. The van der Waals surface area contributed by atoms with Gasteiger partial charge in [-0.25, -0.2) is 0 Å². The monoisotopic (exact) mass is 627 g/mol. The summed E-state index contributed by atoms with van der Waals surface area (Å²) >= 11 is 0. The Hall–Kier alpha value is -4.28. The summed E-state index contributed by atoms with van der Waals surface area (Å²) in [7, 11) is 3.28. The molecule has 0 unspecified atom stereocenters. The lowest BCUT2D eigenvalue weighted by atomic mass is 9.64. The van der Waals surface area contributed by atoms with Crippen LogP contribution in [0, 0.1) is 5.41 Å². The van der Waals surface area contributed by atoms with E-state index in [-0.39, 0.29) is 37.2 Å². The Morgan fingerprint density at radius 2 is 1.78 bits per heavy atom. The smallest absolute Gasteiger partial charge is 0.245 e. The molecule has 2 aliphatic rings. The molecule has 0 radical (unpaired) electrons. The van der Waals surface area contributed by atoms with E-state index in [0.29, 0.717) is 13.0 Å². The Kier molecular flexibility index (Phi) is 9.24. The minimum Gasteiger partial charge on any atom is -0.496 e. The van der Waals surface area contributed by atoms with E-state index < -0.39 is 28.7 Å². The highest BCUT2D eigenvalue weighted by atomic mass is 16.5. The lowest BCUT2D eigenvalue weighted by molar-refractivity contribution is -0.173. The highest BCUT2D eigenvalue weighted by molar-refractivity contribution is 5.95. The van der Waals surface area contributed by atoms with Crippen molar-refractivity contribution in [3.63, 3.8) is 0 Å². The van der Waals surface area contributed by atoms with Crippen LogP contribution < -0.4 is 20.7 Å². The molecule has 10 nitrogen and oxygen atoms in total. The highest BCUT2D eigenvalue weighted by Crippen LogP contribution is 2.45. The second-order valence-electron chi connectivity index (χ2n) is 13.4. The summed E-state index contributed by atoms with van der Waals surface area (Å²) in [6.07, 6.45) is 1.49. The molecule has 46 heavy (non-hydrogen) atoms. The highest BCUT2D eigenvalue weighted by Gasteiger charge is 2.69. The lowest BCUT2D eigenvalue weighted by Gasteiger charge is -2.60. The molecule has 2 fully saturated rings. The normalized spacial score (nSPS) is 21.9. The van der Waals surface area contributed by atoms with E-state index in [1.165, 1.54) is 0 Å². The quantitative estimate of drug-likeness (QED) is 0.280. The van der Waals surface area contributed by atoms with Gasteiger partial charge >= 0.3 is 0 Å². The first-order valence-corrected chi connectivity index (χ1v) is 15.8. The van der Waals surface area contributed by atoms with Gasteiger partial charge in [-0.15, -0.1) is 0 Å². The van der Waals surface area contributed by atoms with Crippen molar-refractivity contribution in [3.8, 4) is 5.75 Å². The van der Waals surface area contributed by atoms with Crippen LogP contribution in [0.4, 0.5) is 0 Å². The molecule has 0 saturated carbocycles. The first kappa shape index (κ1) is 33.1. The number of nitrogens with zero attached hydrogens (tertiary/aromatic N) is 2. The zero-order valence-corrected chi connectivity index (χ0v) is 27.6. The molecule has 3 N–H and O–H groups in total. The molecule has 4 atom stereocenters. The van der Waals surface area contributed by atoms with Crippen molar-refractivity contribution in [2.75, 3.05) is 33.8 Å². The number of likely N-dealkylation sites (N-methyl/N-ethyl adjacent to an activating group) is 1. The fourth-order valence-corrected chi connectivity index (χ4v) is 7.08. The maximum Gasteiger partial charge on any atom is 0.245 e. The van der Waals surface area contributed by atoms with Crippen LogP contribution in [0.3, 0.4) is 0 Å². The Morgan fingerprint density at radius 1 is 1.09 bits per heavy atom. The van der Waals surface area contributed by atoms with Crippen LogP contribution in [0.25, 0.3) is 10.8 Å². The van der Waals surface area contributed by atoms with Gasteiger partial charge in [0.1, 0.15) is 29.3 Å². The molecule has 2 aliphatic heterocycles. The second kappa shape index (κ2) is 12.8. The lowest BCUT2D eigenvalue weighted by Crippen LogP contribution is -2.86. The Labute approximate surface area is 270 Å². The number of aldehydes is 1. The molecule has 0 aromatic heterocycles. The van der Waals surface area contributed by atoms with Gasteiger partial charge in [0.15, 0.2) is 0 Å². The van der Waals surface area contributed by atoms with Crippen molar-refractivity contribution >= 4 is 34.8 Å². The van der Waals surface area contributed by atoms with E-state index in [1.54, 1.807) is 30.9 Å². The third kappa shape index (κ3) is 5.64. The molecule has 3 aromatic carbocycles. The van der Waals surface area contributed by atoms with Crippen LogP contribution in [-0.2, 0) is 32.0 Å². The van der Waals surface area contributed by atoms with Gasteiger partial charge in [0.2, 0.25) is 17.7 Å². The number of para-hydroxylation sites is 1. The number of ether oxygens (including phenoxy) is 1. The van der Waals surface area contributed by atoms with Gasteiger partial charge in [-0.05, 0) is 53.8 Å². The number of rotatable bonds is 11. The fourth-order valence-electron chi connectivity index (χ4n) is 7.08. The molecule has 0 bridgehead atoms. The van der Waals surface area contributed by atoms with Gasteiger partial charge in [-0.2, -0.15) is 0 Å². The number of benzene rings is 3. The largest absolute Gasteiger partial charge is 0.496 e. The SMILES string of the molecule is CN[C@@H](C)C(=O)N[C@@](C=O)(C(C)(C)C)[C@@]12CN(CCc3ccccc3OC)C(=O)[C@H](Cc3ccc4ccccc4c3)N1C(=O)CN2. The van der Waals surface area contributed by atoms with Crippen molar-refractivity contribution in [1.29, 1.82) is 0 Å². The maximum atomic E-state index is 14.5. The molecule has 10 heteroatoms. The number of nitrogens with one attached hydrogen (secondary N) is 3. The third-order valence-electron chi connectivity index (χ3n) is 9.79. The van der Waals surface area contributed by atoms with Crippen LogP contribution in [0.1, 0.15) is 38.8 Å². The molecule has 0 aliphatic carbocycles. The van der Waals surface area contributed by atoms with E-state index >= 15 is 0 Å². The van der Waals surface area contributed by atoms with Gasteiger partial charge < -0.3 is 30.0 Å². The van der Waals surface area contributed by atoms with Crippen molar-refractivity contribution in [1.82, 2.24) is 25.8 Å². The molecule has 5 rings (SSSR count). The Bertz CT molecular complexity index is 1640. The van der Waals surface area contributed by atoms with Crippen molar-refractivity contribution in [2.24, 2.45) is 5.41 Å². The van der Waals surface area contributed by atoms with Crippen LogP contribution in [0.2, 0.25) is 0 Å². The summed E-state index contributed by atoms with van der Waals surface area (Å²) in [5.41, 5.74) is -2.10. The van der Waals surface area contributed by atoms with Crippen LogP contribution in [0.15, 0.2) is 66.7 Å². The maximum absolute atomic E-state index is 14.5. The Morgan fingerprint density at radius 3 is 2.46 bits per heavy atom. The molecule has 3 amide bonds. The summed E-state index contributed by atoms with van der Waals surface area (Å²) in [6, 6.07) is 20.2. The predicted octanol–water partition coefficient (Wildman–Crippen LogP) is 2.68. The number of carbonyl (C=O) groups is 4. The molecular weight excluding hydrogens is 582 g/mol. The molecule has 2 saturated heterocycles. The van der Waals surface area contributed by atoms with Crippen LogP contribution in [0.5, 0.6) is 5.75 Å². The zero-order chi connectivity index (χ0) is 33.3. The first-order chi connectivity index (χ1) is 21.9. The first-order valence-electron chi connectivity index (χ1n) is 15.8. The number of methoxy groups -OCH3 is 1. The predicted molar refractivity (Wildman–Crippen MR) is 177 cm³/mol. The standard InChI is InChI=1S/C36H45N5O5/c1-24(37-5)32(44)39-35(23-42,34(2,3)4)36-22-40(18-17-27-12-9-10-14-30(27)46-6)33(45)29(41(36)31(43)21-38-36)20-25-15-16-26-11-7-8-13-28(26)19-25/h7-16,19,23-24,29,37-38H,17-18,20-22H2,1-6H3,(H,39,44)/t24-,29-,35-,36+/m0/s1. The van der Waals surface area contributed by atoms with Crippen molar-refractivity contribution < 1.29 is 23.9 Å². The van der Waals surface area contributed by atoms with E-state index in [4.69, 9.17) is 4.74 Å². The number of hydrogen-bond acceptors (Lipinski definition) is 7. The summed E-state index contributed by atoms with van der Waals surface area (Å²) in [4.78, 5) is 58.9. The van der Waals surface area contributed by atoms with Gasteiger partial charge in [-0.1, -0.05) is 81.4 Å². The van der Waals surface area contributed by atoms with Gasteiger partial charge in [0.25, 0.3) is 0 Å². The summed E-state index contributed by atoms with van der Waals surface area (Å²) in [5, 5.41) is 11.5. The summed E-state index contributed by atoms with van der Waals surface area (Å²) in [6.45, 7) is 7.57. The van der Waals surface area contributed by atoms with Crippen molar-refractivity contribution in [3.05, 3.63) is 77.9 Å². The van der Waals surface area contributed by atoms with Gasteiger partial charge in [0, 0.05) is 13.0 Å². The molecule has 244 valence electrons. The zero-order valence-electron chi connectivity index (χ0n) is 27.6. The van der Waals surface area contributed by atoms with Crippen molar-refractivity contribution in [2.45, 2.75) is 63.8 Å². The number of carbonyl (C=O) groups excluding carboxylic acids is 4. The Balaban J connectivity index is 1.64. The second-order valence-corrected chi connectivity index (χ2v) is 13.4. The summed E-state index contributed by atoms with van der Waals surface area (Å²) in [5.74, 6) is -0.173. The van der Waals surface area contributed by atoms with Gasteiger partial charge in [0.05, 0.1) is 26.2 Å². The van der Waals surface area contributed by atoms with Crippen LogP contribution >= 0.6 is 0 Å². The minimum atomic E-state index is -1.61. The number of fused-ring (bicyclic) bond motifs is 2. The van der Waals surface area contributed by atoms with Crippen LogP contribution in [-0.4, -0.2) is 90.9 Å². The number of piperazine rings is 1. The number of hydrogen-bond donors (Lipinski definition) is 3. The molecule has 3 aromatic rings. The average Bonchev–Trinajstić information content (AvgIpc) is 3.39. The molecule has 0 spiro atoms. The van der Waals surface area contributed by atoms with Gasteiger partial charge in [-0.3, -0.25) is 19.7 Å². The van der Waals surface area contributed by atoms with E-state index in [0.717, 1.165) is 33.9 Å². The molecule has 2 heterocycles. The van der Waals surface area contributed by atoms with E-state index in [2.05, 4.69) is 16.0 Å².